The quantitative estimate of drug-likeness (QED) is 0.612. The molecule has 1 N–H and O–H groups in total. The zero-order valence-electron chi connectivity index (χ0n) is 16.5. The highest BCUT2D eigenvalue weighted by atomic mass is 35.5. The number of nitrogens with one attached hydrogen (secondary N) is 1. The summed E-state index contributed by atoms with van der Waals surface area (Å²) in [5.41, 5.74) is 3.61. The summed E-state index contributed by atoms with van der Waals surface area (Å²) in [6.07, 6.45) is 0. The second kappa shape index (κ2) is 8.90. The highest BCUT2D eigenvalue weighted by Gasteiger charge is 2.23. The Balaban J connectivity index is 1.37. The minimum atomic E-state index is -0.195. The summed E-state index contributed by atoms with van der Waals surface area (Å²) in [7, 11) is 0. The van der Waals surface area contributed by atoms with Crippen molar-refractivity contribution in [1.82, 2.24) is 15.1 Å². The molecule has 0 atom stereocenters. The number of aromatic nitrogens is 2. The Hall–Kier alpha value is -2.83. The van der Waals surface area contributed by atoms with Crippen LogP contribution in [0, 0.1) is 6.92 Å². The van der Waals surface area contributed by atoms with Gasteiger partial charge in [0, 0.05) is 36.8 Å². The SMILES string of the molecule is Cc1ccccc1-c1ccc(N2CCN(C(=O)Nc3cc(Cl)ccc3Cl)CC2)nn1. The Kier molecular flexibility index (Phi) is 6.06. The van der Waals surface area contributed by atoms with E-state index in [-0.39, 0.29) is 6.03 Å². The van der Waals surface area contributed by atoms with E-state index in [1.54, 1.807) is 23.1 Å². The van der Waals surface area contributed by atoms with Crippen molar-refractivity contribution < 1.29 is 4.79 Å². The molecule has 2 aromatic carbocycles. The number of anilines is 2. The molecule has 1 fully saturated rings. The minimum absolute atomic E-state index is 0.195. The topological polar surface area (TPSA) is 61.4 Å². The predicted molar refractivity (Wildman–Crippen MR) is 121 cm³/mol. The molecule has 6 nitrogen and oxygen atoms in total. The van der Waals surface area contributed by atoms with Crippen LogP contribution in [-0.2, 0) is 0 Å². The van der Waals surface area contributed by atoms with Gasteiger partial charge in [-0.3, -0.25) is 0 Å². The minimum Gasteiger partial charge on any atom is -0.352 e. The van der Waals surface area contributed by atoms with Gasteiger partial charge < -0.3 is 15.1 Å². The highest BCUT2D eigenvalue weighted by molar-refractivity contribution is 6.35. The maximum Gasteiger partial charge on any atom is 0.322 e. The van der Waals surface area contributed by atoms with Crippen molar-refractivity contribution >= 4 is 40.7 Å². The van der Waals surface area contributed by atoms with E-state index in [9.17, 15) is 4.79 Å². The summed E-state index contributed by atoms with van der Waals surface area (Å²) in [6.45, 7) is 4.56. The second-order valence-corrected chi connectivity index (χ2v) is 7.96. The second-order valence-electron chi connectivity index (χ2n) is 7.12. The first kappa shape index (κ1) is 20.4. The number of urea groups is 1. The van der Waals surface area contributed by atoms with Crippen LogP contribution in [0.25, 0.3) is 11.3 Å². The molecule has 1 aliphatic rings. The van der Waals surface area contributed by atoms with Crippen LogP contribution in [0.4, 0.5) is 16.3 Å². The number of hydrogen-bond acceptors (Lipinski definition) is 4. The van der Waals surface area contributed by atoms with Gasteiger partial charge in [-0.25, -0.2) is 4.79 Å². The van der Waals surface area contributed by atoms with E-state index < -0.39 is 0 Å². The molecule has 2 heterocycles. The van der Waals surface area contributed by atoms with E-state index in [2.05, 4.69) is 33.4 Å². The third kappa shape index (κ3) is 4.50. The van der Waals surface area contributed by atoms with E-state index in [1.165, 1.54) is 5.56 Å². The zero-order valence-corrected chi connectivity index (χ0v) is 18.0. The summed E-state index contributed by atoms with van der Waals surface area (Å²) in [5, 5.41) is 12.6. The molecule has 0 radical (unpaired) electrons. The van der Waals surface area contributed by atoms with Crippen LogP contribution >= 0.6 is 23.2 Å². The number of rotatable bonds is 3. The zero-order chi connectivity index (χ0) is 21.1. The first-order chi connectivity index (χ1) is 14.5. The van der Waals surface area contributed by atoms with Crippen LogP contribution in [-0.4, -0.2) is 47.3 Å². The van der Waals surface area contributed by atoms with Gasteiger partial charge in [-0.1, -0.05) is 47.5 Å². The summed E-state index contributed by atoms with van der Waals surface area (Å²) in [4.78, 5) is 16.5. The number of piperazine rings is 1. The fourth-order valence-electron chi connectivity index (χ4n) is 3.42. The molecular weight excluding hydrogens is 421 g/mol. The normalized spacial score (nSPS) is 14.0. The average molecular weight is 442 g/mol. The molecular formula is C22H21Cl2N5O. The van der Waals surface area contributed by atoms with Crippen LogP contribution in [0.1, 0.15) is 5.56 Å². The Labute approximate surface area is 185 Å². The maximum absolute atomic E-state index is 12.6. The number of halogens is 2. The van der Waals surface area contributed by atoms with E-state index in [0.717, 1.165) is 17.1 Å². The molecule has 3 aromatic rings. The third-order valence-electron chi connectivity index (χ3n) is 5.13. The molecule has 0 unspecified atom stereocenters. The Bertz CT molecular complexity index is 1050. The van der Waals surface area contributed by atoms with Gasteiger partial charge in [0.2, 0.25) is 0 Å². The molecule has 2 amide bonds. The van der Waals surface area contributed by atoms with E-state index >= 15 is 0 Å². The summed E-state index contributed by atoms with van der Waals surface area (Å²) >= 11 is 12.1. The number of carbonyl (C=O) groups is 1. The van der Waals surface area contributed by atoms with E-state index in [0.29, 0.717) is 41.9 Å². The number of carbonyl (C=O) groups excluding carboxylic acids is 1. The number of benzene rings is 2. The first-order valence-corrected chi connectivity index (χ1v) is 10.4. The molecule has 4 rings (SSSR count). The van der Waals surface area contributed by atoms with Crippen LogP contribution < -0.4 is 10.2 Å². The Morgan fingerprint density at radius 1 is 0.967 bits per heavy atom. The Morgan fingerprint density at radius 2 is 1.73 bits per heavy atom. The molecule has 154 valence electrons. The number of hydrogen-bond donors (Lipinski definition) is 1. The fourth-order valence-corrected chi connectivity index (χ4v) is 3.76. The van der Waals surface area contributed by atoms with Crippen LogP contribution in [0.3, 0.4) is 0 Å². The first-order valence-electron chi connectivity index (χ1n) is 9.67. The lowest BCUT2D eigenvalue weighted by Gasteiger charge is -2.35. The fraction of sp³-hybridized carbons (Fsp3) is 0.227. The molecule has 0 aliphatic carbocycles. The third-order valence-corrected chi connectivity index (χ3v) is 5.70. The lowest BCUT2D eigenvalue weighted by Crippen LogP contribution is -2.50. The number of aryl methyl sites for hydroxylation is 1. The van der Waals surface area contributed by atoms with Gasteiger partial charge in [0.15, 0.2) is 5.82 Å². The number of amides is 2. The van der Waals surface area contributed by atoms with Crippen molar-refractivity contribution in [3.05, 3.63) is 70.2 Å². The summed E-state index contributed by atoms with van der Waals surface area (Å²) in [5.74, 6) is 0.810. The van der Waals surface area contributed by atoms with Gasteiger partial charge in [0.25, 0.3) is 0 Å². The molecule has 8 heteroatoms. The average Bonchev–Trinajstić information content (AvgIpc) is 2.77. The lowest BCUT2D eigenvalue weighted by molar-refractivity contribution is 0.208. The highest BCUT2D eigenvalue weighted by Crippen LogP contribution is 2.26. The van der Waals surface area contributed by atoms with Crippen LogP contribution in [0.2, 0.25) is 10.0 Å². The van der Waals surface area contributed by atoms with Gasteiger partial charge in [0.05, 0.1) is 16.4 Å². The number of nitrogens with zero attached hydrogens (tertiary/aromatic N) is 4. The molecule has 1 aliphatic heterocycles. The summed E-state index contributed by atoms with van der Waals surface area (Å²) in [6, 6.07) is 16.9. The lowest BCUT2D eigenvalue weighted by atomic mass is 10.1. The largest absolute Gasteiger partial charge is 0.352 e. The van der Waals surface area contributed by atoms with Crippen LogP contribution in [0.15, 0.2) is 54.6 Å². The van der Waals surface area contributed by atoms with Gasteiger partial charge in [-0.2, -0.15) is 0 Å². The molecule has 1 saturated heterocycles. The van der Waals surface area contributed by atoms with Crippen molar-refractivity contribution in [2.75, 3.05) is 36.4 Å². The monoisotopic (exact) mass is 441 g/mol. The predicted octanol–water partition coefficient (Wildman–Crippen LogP) is 5.11. The van der Waals surface area contributed by atoms with Gasteiger partial charge in [-0.05, 0) is 42.8 Å². The van der Waals surface area contributed by atoms with Crippen molar-refractivity contribution in [2.45, 2.75) is 6.92 Å². The van der Waals surface area contributed by atoms with Crippen molar-refractivity contribution in [2.24, 2.45) is 0 Å². The molecule has 1 aromatic heterocycles. The molecule has 30 heavy (non-hydrogen) atoms. The molecule has 0 bridgehead atoms. The van der Waals surface area contributed by atoms with Crippen molar-refractivity contribution in [1.29, 1.82) is 0 Å². The molecule has 0 spiro atoms. The smallest absolute Gasteiger partial charge is 0.322 e. The maximum atomic E-state index is 12.6. The van der Waals surface area contributed by atoms with Gasteiger partial charge in [-0.15, -0.1) is 10.2 Å². The van der Waals surface area contributed by atoms with Gasteiger partial charge in [0.1, 0.15) is 0 Å². The van der Waals surface area contributed by atoms with Crippen LogP contribution in [0.5, 0.6) is 0 Å². The van der Waals surface area contributed by atoms with Gasteiger partial charge >= 0.3 is 6.03 Å². The van der Waals surface area contributed by atoms with E-state index in [4.69, 9.17) is 23.2 Å². The standard InChI is InChI=1S/C22H21Cl2N5O/c1-15-4-2-3-5-17(15)19-8-9-21(27-26-19)28-10-12-29(13-11-28)22(30)25-20-14-16(23)6-7-18(20)24/h2-9,14H,10-13H2,1H3,(H,25,30). The van der Waals surface area contributed by atoms with Crippen molar-refractivity contribution in [3.63, 3.8) is 0 Å². The van der Waals surface area contributed by atoms with Crippen molar-refractivity contribution in [3.8, 4) is 11.3 Å². The Morgan fingerprint density at radius 3 is 2.43 bits per heavy atom. The van der Waals surface area contributed by atoms with E-state index in [1.807, 2.05) is 30.3 Å². The summed E-state index contributed by atoms with van der Waals surface area (Å²) < 4.78 is 0. The molecule has 0 saturated carbocycles.